The second kappa shape index (κ2) is 15.4. The van der Waals surface area contributed by atoms with Crippen LogP contribution in [0.4, 0.5) is 5.69 Å². The maximum Gasteiger partial charge on any atom is 0.243 e. The summed E-state index contributed by atoms with van der Waals surface area (Å²) < 4.78 is 0. The molecular weight excluding hydrogens is 464 g/mol. The van der Waals surface area contributed by atoms with E-state index >= 15 is 0 Å². The zero-order chi connectivity index (χ0) is 27.2. The molecule has 0 aromatic heterocycles. The monoisotopic (exact) mass is 504 g/mol. The van der Waals surface area contributed by atoms with Crippen molar-refractivity contribution in [3.8, 4) is 0 Å². The molecule has 3 aromatic rings. The first kappa shape index (κ1) is 29.5. The standard InChI is InChI=1S/C26H28N4O3.2C2H6/c27-17-28-26(33)22(15-18-12-13-19-6-1-2-8-21(19)14-18)29-24(31)16-30-23-10-4-3-7-20(23)9-5-11-25(30)32;2*1-2/h1-4,6-8,10,12-14,22H,5,9,11,15-17,27H2,(H,28,33)(H,29,31);2*1-2H3/t22-;;/m1../s1. The Morgan fingerprint density at radius 1 is 0.919 bits per heavy atom. The summed E-state index contributed by atoms with van der Waals surface area (Å²) in [5, 5.41) is 7.57. The molecule has 4 N–H and O–H groups in total. The van der Waals surface area contributed by atoms with Gasteiger partial charge in [-0.2, -0.15) is 0 Å². The molecule has 7 nitrogen and oxygen atoms in total. The molecule has 1 aliphatic heterocycles. The van der Waals surface area contributed by atoms with E-state index in [0.29, 0.717) is 12.8 Å². The zero-order valence-electron chi connectivity index (χ0n) is 22.4. The number of hydrogen-bond acceptors (Lipinski definition) is 4. The first-order valence-corrected chi connectivity index (χ1v) is 13.2. The summed E-state index contributed by atoms with van der Waals surface area (Å²) >= 11 is 0. The number of para-hydroxylation sites is 1. The van der Waals surface area contributed by atoms with Gasteiger partial charge in [-0.05, 0) is 40.8 Å². The third kappa shape index (κ3) is 8.15. The Bertz CT molecular complexity index is 1180. The molecule has 0 saturated carbocycles. The molecule has 3 aromatic carbocycles. The average Bonchev–Trinajstić information content (AvgIpc) is 3.09. The van der Waals surface area contributed by atoms with Crippen LogP contribution in [0.2, 0.25) is 0 Å². The van der Waals surface area contributed by atoms with Crippen molar-refractivity contribution in [1.29, 1.82) is 0 Å². The van der Waals surface area contributed by atoms with Crippen molar-refractivity contribution in [3.05, 3.63) is 77.9 Å². The van der Waals surface area contributed by atoms with E-state index in [1.807, 2.05) is 94.4 Å². The molecule has 0 unspecified atom stereocenters. The third-order valence-corrected chi connectivity index (χ3v) is 5.90. The number of carbonyl (C=O) groups excluding carboxylic acids is 3. The minimum atomic E-state index is -0.806. The molecule has 0 aliphatic carbocycles. The van der Waals surface area contributed by atoms with E-state index in [-0.39, 0.29) is 25.0 Å². The summed E-state index contributed by atoms with van der Waals surface area (Å²) in [6.45, 7) is 7.83. The first-order chi connectivity index (χ1) is 18.0. The van der Waals surface area contributed by atoms with E-state index in [1.54, 1.807) is 0 Å². The lowest BCUT2D eigenvalue weighted by Crippen LogP contribution is -2.52. The van der Waals surface area contributed by atoms with Crippen LogP contribution in [0.5, 0.6) is 0 Å². The van der Waals surface area contributed by atoms with Gasteiger partial charge in [-0.3, -0.25) is 14.4 Å². The smallest absolute Gasteiger partial charge is 0.243 e. The van der Waals surface area contributed by atoms with Crippen LogP contribution < -0.4 is 21.3 Å². The molecule has 0 fully saturated rings. The second-order valence-corrected chi connectivity index (χ2v) is 8.21. The number of benzene rings is 3. The van der Waals surface area contributed by atoms with Crippen molar-refractivity contribution < 1.29 is 14.4 Å². The molecule has 1 heterocycles. The normalized spacial score (nSPS) is 13.1. The van der Waals surface area contributed by atoms with E-state index in [9.17, 15) is 14.4 Å². The predicted molar refractivity (Wildman–Crippen MR) is 151 cm³/mol. The Balaban J connectivity index is 0.00000115. The minimum Gasteiger partial charge on any atom is -0.342 e. The highest BCUT2D eigenvalue weighted by Crippen LogP contribution is 2.26. The van der Waals surface area contributed by atoms with Crippen molar-refractivity contribution in [1.82, 2.24) is 10.6 Å². The summed E-state index contributed by atoms with van der Waals surface area (Å²) in [5.41, 5.74) is 8.23. The lowest BCUT2D eigenvalue weighted by Gasteiger charge is -2.24. The first-order valence-electron chi connectivity index (χ1n) is 13.2. The number of fused-ring (bicyclic) bond motifs is 2. The molecule has 4 rings (SSSR count). The van der Waals surface area contributed by atoms with Gasteiger partial charge in [0.15, 0.2) is 0 Å². The predicted octanol–water partition coefficient (Wildman–Crippen LogP) is 4.32. The van der Waals surface area contributed by atoms with Gasteiger partial charge >= 0.3 is 0 Å². The van der Waals surface area contributed by atoms with Gasteiger partial charge in [-0.15, -0.1) is 0 Å². The molecule has 0 saturated heterocycles. The zero-order valence-corrected chi connectivity index (χ0v) is 22.4. The summed E-state index contributed by atoms with van der Waals surface area (Å²) in [6.07, 6.45) is 2.24. The Morgan fingerprint density at radius 2 is 1.59 bits per heavy atom. The number of rotatable bonds is 7. The van der Waals surface area contributed by atoms with E-state index in [4.69, 9.17) is 5.73 Å². The van der Waals surface area contributed by atoms with Gasteiger partial charge in [0.1, 0.15) is 12.6 Å². The fourth-order valence-corrected chi connectivity index (χ4v) is 4.28. The molecule has 0 bridgehead atoms. The number of nitrogens with zero attached hydrogens (tertiary/aromatic N) is 1. The van der Waals surface area contributed by atoms with Gasteiger partial charge in [0.25, 0.3) is 0 Å². The topological polar surface area (TPSA) is 105 Å². The Labute approximate surface area is 220 Å². The number of nitrogens with two attached hydrogens (primary N) is 1. The van der Waals surface area contributed by atoms with Crippen LogP contribution in [0.15, 0.2) is 66.7 Å². The van der Waals surface area contributed by atoms with E-state index in [0.717, 1.165) is 40.4 Å². The number of hydrogen-bond donors (Lipinski definition) is 3. The van der Waals surface area contributed by atoms with Crippen LogP contribution in [-0.2, 0) is 27.2 Å². The van der Waals surface area contributed by atoms with Crippen molar-refractivity contribution in [2.45, 2.75) is 59.4 Å². The third-order valence-electron chi connectivity index (χ3n) is 5.90. The van der Waals surface area contributed by atoms with E-state index in [1.165, 1.54) is 4.90 Å². The SMILES string of the molecule is CC.CC.NCNC(=O)[C@@H](Cc1ccc2ccccc2c1)NC(=O)CN1C(=O)CCCc2ccccc21. The number of carbonyl (C=O) groups is 3. The summed E-state index contributed by atoms with van der Waals surface area (Å²) in [6, 6.07) is 20.8. The summed E-state index contributed by atoms with van der Waals surface area (Å²) in [5.74, 6) is -0.841. The number of nitrogens with one attached hydrogen (secondary N) is 2. The molecule has 1 atom stereocenters. The molecule has 0 radical (unpaired) electrons. The number of aryl methyl sites for hydroxylation is 1. The van der Waals surface area contributed by atoms with E-state index < -0.39 is 11.9 Å². The fraction of sp³-hybridized carbons (Fsp3) is 0.367. The highest BCUT2D eigenvalue weighted by Gasteiger charge is 2.27. The van der Waals surface area contributed by atoms with Gasteiger partial charge < -0.3 is 21.3 Å². The fourth-order valence-electron chi connectivity index (χ4n) is 4.28. The Kier molecular flexibility index (Phi) is 12.3. The molecule has 7 heteroatoms. The van der Waals surface area contributed by atoms with Crippen molar-refractivity contribution in [3.63, 3.8) is 0 Å². The lowest BCUT2D eigenvalue weighted by atomic mass is 10.0. The maximum atomic E-state index is 13.0. The van der Waals surface area contributed by atoms with Crippen molar-refractivity contribution >= 4 is 34.2 Å². The van der Waals surface area contributed by atoms with Gasteiger partial charge in [0, 0.05) is 18.5 Å². The average molecular weight is 505 g/mol. The Morgan fingerprint density at radius 3 is 2.32 bits per heavy atom. The molecule has 1 aliphatic rings. The quantitative estimate of drug-likeness (QED) is 0.417. The van der Waals surface area contributed by atoms with Gasteiger partial charge in [-0.25, -0.2) is 0 Å². The highest BCUT2D eigenvalue weighted by molar-refractivity contribution is 6.00. The van der Waals surface area contributed by atoms with Gasteiger partial charge in [-0.1, -0.05) is 88.4 Å². The van der Waals surface area contributed by atoms with Crippen LogP contribution in [0.1, 0.15) is 51.7 Å². The van der Waals surface area contributed by atoms with Gasteiger partial charge in [0.2, 0.25) is 17.7 Å². The summed E-state index contributed by atoms with van der Waals surface area (Å²) in [4.78, 5) is 39.9. The highest BCUT2D eigenvalue weighted by atomic mass is 16.2. The number of amides is 3. The molecule has 198 valence electrons. The van der Waals surface area contributed by atoms with Crippen LogP contribution in [0.25, 0.3) is 10.8 Å². The minimum absolute atomic E-state index is 0.0269. The van der Waals surface area contributed by atoms with Crippen molar-refractivity contribution in [2.75, 3.05) is 18.1 Å². The largest absolute Gasteiger partial charge is 0.342 e. The molecule has 0 spiro atoms. The molecule has 3 amide bonds. The molecular formula is C30H40N4O3. The second-order valence-electron chi connectivity index (χ2n) is 8.21. The number of anilines is 1. The van der Waals surface area contributed by atoms with Crippen LogP contribution >= 0.6 is 0 Å². The Hall–Kier alpha value is -3.71. The molecule has 37 heavy (non-hydrogen) atoms. The van der Waals surface area contributed by atoms with Crippen LogP contribution in [0, 0.1) is 0 Å². The maximum absolute atomic E-state index is 13.0. The summed E-state index contributed by atoms with van der Waals surface area (Å²) in [7, 11) is 0. The van der Waals surface area contributed by atoms with Gasteiger partial charge in [0.05, 0.1) is 6.67 Å². The lowest BCUT2D eigenvalue weighted by molar-refractivity contribution is -0.129. The van der Waals surface area contributed by atoms with Crippen LogP contribution in [0.3, 0.4) is 0 Å². The van der Waals surface area contributed by atoms with Crippen LogP contribution in [-0.4, -0.2) is 37.0 Å². The van der Waals surface area contributed by atoms with E-state index in [2.05, 4.69) is 10.6 Å². The van der Waals surface area contributed by atoms with Crippen molar-refractivity contribution in [2.24, 2.45) is 5.73 Å².